The first-order valence-electron chi connectivity index (χ1n) is 6.74. The molecule has 5 nitrogen and oxygen atoms in total. The number of hydrogen-bond donors (Lipinski definition) is 2. The maximum Gasteiger partial charge on any atom is 0.279 e. The van der Waals surface area contributed by atoms with Gasteiger partial charge in [-0.2, -0.15) is 0 Å². The predicted octanol–water partition coefficient (Wildman–Crippen LogP) is 2.10. The van der Waals surface area contributed by atoms with Crippen molar-refractivity contribution in [3.05, 3.63) is 64.7 Å². The molecule has 2 aromatic carbocycles. The Balaban J connectivity index is 1.58. The molecule has 0 radical (unpaired) electrons. The molecule has 3 rings (SSSR count). The van der Waals surface area contributed by atoms with Gasteiger partial charge in [0.1, 0.15) is 5.75 Å². The molecule has 0 bridgehead atoms. The normalized spacial score (nSPS) is 15.6. The lowest BCUT2D eigenvalue weighted by Gasteiger charge is -2.12. The van der Waals surface area contributed by atoms with Crippen LogP contribution in [-0.4, -0.2) is 17.9 Å². The number of hydrazine groups is 1. The maximum atomic E-state index is 12.1. The summed E-state index contributed by atoms with van der Waals surface area (Å²) in [4.78, 5) is 24.0. The van der Waals surface area contributed by atoms with Crippen LogP contribution in [0.3, 0.4) is 0 Å². The molecule has 22 heavy (non-hydrogen) atoms. The summed E-state index contributed by atoms with van der Waals surface area (Å²) in [7, 11) is 0. The van der Waals surface area contributed by atoms with Crippen molar-refractivity contribution in [3.8, 4) is 5.75 Å². The predicted molar refractivity (Wildman–Crippen MR) is 81.6 cm³/mol. The molecule has 0 saturated carbocycles. The summed E-state index contributed by atoms with van der Waals surface area (Å²) >= 11 is 5.92. The van der Waals surface area contributed by atoms with Crippen LogP contribution in [-0.2, 0) is 11.2 Å². The number of fused-ring (bicyclic) bond motifs is 1. The van der Waals surface area contributed by atoms with E-state index in [0.29, 0.717) is 22.8 Å². The van der Waals surface area contributed by atoms with Crippen LogP contribution in [0.2, 0.25) is 5.02 Å². The molecule has 112 valence electrons. The lowest BCUT2D eigenvalue weighted by molar-refractivity contribution is -0.128. The van der Waals surface area contributed by atoms with Crippen molar-refractivity contribution in [1.82, 2.24) is 10.9 Å². The van der Waals surface area contributed by atoms with Crippen LogP contribution in [0, 0.1) is 0 Å². The molecule has 0 fully saturated rings. The first kappa shape index (κ1) is 14.4. The second-order valence-electron chi connectivity index (χ2n) is 4.84. The Morgan fingerprint density at radius 2 is 1.77 bits per heavy atom. The summed E-state index contributed by atoms with van der Waals surface area (Å²) in [5.74, 6) is -0.189. The largest absolute Gasteiger partial charge is 0.480 e. The molecular formula is C16H13ClN2O3. The zero-order chi connectivity index (χ0) is 15.5. The Hall–Kier alpha value is -2.53. The van der Waals surface area contributed by atoms with Crippen LogP contribution in [0.5, 0.6) is 5.75 Å². The highest BCUT2D eigenvalue weighted by Gasteiger charge is 2.29. The van der Waals surface area contributed by atoms with Gasteiger partial charge in [0.25, 0.3) is 11.8 Å². The molecule has 1 heterocycles. The number of para-hydroxylation sites is 1. The molecule has 6 heteroatoms. The van der Waals surface area contributed by atoms with Crippen molar-refractivity contribution in [2.24, 2.45) is 0 Å². The highest BCUT2D eigenvalue weighted by molar-refractivity contribution is 6.33. The van der Waals surface area contributed by atoms with E-state index in [-0.39, 0.29) is 0 Å². The highest BCUT2D eigenvalue weighted by Crippen LogP contribution is 2.27. The smallest absolute Gasteiger partial charge is 0.279 e. The van der Waals surface area contributed by atoms with E-state index in [9.17, 15) is 9.59 Å². The zero-order valence-electron chi connectivity index (χ0n) is 11.5. The van der Waals surface area contributed by atoms with E-state index in [1.165, 1.54) is 0 Å². The molecule has 2 N–H and O–H groups in total. The standard InChI is InChI=1S/C16H13ClN2O3/c17-12-7-3-2-6-11(12)15(20)18-19-16(21)14-9-10-5-1-4-8-13(10)22-14/h1-8,14H,9H2,(H,18,20)(H,19,21). The highest BCUT2D eigenvalue weighted by atomic mass is 35.5. The van der Waals surface area contributed by atoms with Gasteiger partial charge in [-0.1, -0.05) is 41.9 Å². The number of halogens is 1. The molecule has 0 spiro atoms. The third-order valence-electron chi connectivity index (χ3n) is 3.36. The lowest BCUT2D eigenvalue weighted by atomic mass is 10.1. The first-order chi connectivity index (χ1) is 10.6. The van der Waals surface area contributed by atoms with Gasteiger partial charge in [0.2, 0.25) is 0 Å². The number of rotatable bonds is 2. The first-order valence-corrected chi connectivity index (χ1v) is 7.12. The summed E-state index contributed by atoms with van der Waals surface area (Å²) in [5, 5.41) is 0.318. The third-order valence-corrected chi connectivity index (χ3v) is 3.69. The van der Waals surface area contributed by atoms with Crippen molar-refractivity contribution in [3.63, 3.8) is 0 Å². The van der Waals surface area contributed by atoms with Gasteiger partial charge in [-0.05, 0) is 23.8 Å². The van der Waals surface area contributed by atoms with Gasteiger partial charge in [-0.25, -0.2) is 0 Å². The number of hydrogen-bond acceptors (Lipinski definition) is 3. The number of ether oxygens (including phenoxy) is 1. The molecule has 2 amide bonds. The fourth-order valence-corrected chi connectivity index (χ4v) is 2.46. The van der Waals surface area contributed by atoms with Crippen LogP contribution < -0.4 is 15.6 Å². The van der Waals surface area contributed by atoms with E-state index in [4.69, 9.17) is 16.3 Å². The van der Waals surface area contributed by atoms with Gasteiger partial charge in [-0.15, -0.1) is 0 Å². The van der Waals surface area contributed by atoms with E-state index >= 15 is 0 Å². The van der Waals surface area contributed by atoms with E-state index in [2.05, 4.69) is 10.9 Å². The number of benzene rings is 2. The van der Waals surface area contributed by atoms with Crippen molar-refractivity contribution in [1.29, 1.82) is 0 Å². The summed E-state index contributed by atoms with van der Waals surface area (Å²) in [6.07, 6.45) is -0.173. The monoisotopic (exact) mass is 316 g/mol. The van der Waals surface area contributed by atoms with E-state index < -0.39 is 17.9 Å². The van der Waals surface area contributed by atoms with Gasteiger partial charge in [0, 0.05) is 6.42 Å². The fourth-order valence-electron chi connectivity index (χ4n) is 2.24. The number of carbonyl (C=O) groups is 2. The van der Waals surface area contributed by atoms with Crippen LogP contribution in [0.15, 0.2) is 48.5 Å². The summed E-state index contributed by atoms with van der Waals surface area (Å²) in [5.41, 5.74) is 5.97. The summed E-state index contributed by atoms with van der Waals surface area (Å²) in [6.45, 7) is 0. The molecule has 1 unspecified atom stereocenters. The second-order valence-corrected chi connectivity index (χ2v) is 5.25. The molecule has 1 aliphatic heterocycles. The number of nitrogens with one attached hydrogen (secondary N) is 2. The molecule has 1 atom stereocenters. The van der Waals surface area contributed by atoms with Gasteiger partial charge in [0.15, 0.2) is 6.10 Å². The van der Waals surface area contributed by atoms with Gasteiger partial charge in [0.05, 0.1) is 10.6 Å². The molecular weight excluding hydrogens is 304 g/mol. The van der Waals surface area contributed by atoms with Gasteiger partial charge < -0.3 is 4.74 Å². The Morgan fingerprint density at radius 1 is 1.05 bits per heavy atom. The summed E-state index contributed by atoms with van der Waals surface area (Å²) in [6, 6.07) is 14.1. The minimum absolute atomic E-state index is 0.292. The Bertz CT molecular complexity index is 708. The van der Waals surface area contributed by atoms with E-state index in [1.807, 2.05) is 24.3 Å². The lowest BCUT2D eigenvalue weighted by Crippen LogP contribution is -2.47. The molecule has 0 aromatic heterocycles. The van der Waals surface area contributed by atoms with Gasteiger partial charge >= 0.3 is 0 Å². The Morgan fingerprint density at radius 3 is 2.55 bits per heavy atom. The van der Waals surface area contributed by atoms with Crippen molar-refractivity contribution >= 4 is 23.4 Å². The minimum atomic E-state index is -0.649. The average molecular weight is 317 g/mol. The molecule has 2 aromatic rings. The quantitative estimate of drug-likeness (QED) is 0.834. The number of carbonyl (C=O) groups excluding carboxylic acids is 2. The van der Waals surface area contributed by atoms with E-state index in [1.54, 1.807) is 24.3 Å². The van der Waals surface area contributed by atoms with Crippen LogP contribution in [0.1, 0.15) is 15.9 Å². The van der Waals surface area contributed by atoms with Crippen LogP contribution in [0.4, 0.5) is 0 Å². The fraction of sp³-hybridized carbons (Fsp3) is 0.125. The minimum Gasteiger partial charge on any atom is -0.480 e. The van der Waals surface area contributed by atoms with E-state index in [0.717, 1.165) is 5.56 Å². The van der Waals surface area contributed by atoms with Crippen molar-refractivity contribution in [2.45, 2.75) is 12.5 Å². The molecule has 0 saturated heterocycles. The van der Waals surface area contributed by atoms with Gasteiger partial charge in [-0.3, -0.25) is 20.4 Å². The molecule has 0 aliphatic carbocycles. The maximum absolute atomic E-state index is 12.1. The topological polar surface area (TPSA) is 67.4 Å². The second kappa shape index (κ2) is 6.07. The van der Waals surface area contributed by atoms with Crippen molar-refractivity contribution in [2.75, 3.05) is 0 Å². The van der Waals surface area contributed by atoms with Crippen molar-refractivity contribution < 1.29 is 14.3 Å². The number of amides is 2. The van der Waals surface area contributed by atoms with Crippen LogP contribution >= 0.6 is 11.6 Å². The average Bonchev–Trinajstić information content (AvgIpc) is 2.97. The Labute approximate surface area is 132 Å². The summed E-state index contributed by atoms with van der Waals surface area (Å²) < 4.78 is 5.54. The third kappa shape index (κ3) is 2.89. The Kier molecular flexibility index (Phi) is 3.98. The molecule has 1 aliphatic rings. The van der Waals surface area contributed by atoms with Crippen LogP contribution in [0.25, 0.3) is 0 Å². The zero-order valence-corrected chi connectivity index (χ0v) is 12.3. The SMILES string of the molecule is O=C(NNC(=O)C1Cc2ccccc2O1)c1ccccc1Cl.